The molecule has 0 aromatic carbocycles. The molecule has 0 saturated carbocycles. The summed E-state index contributed by atoms with van der Waals surface area (Å²) in [5, 5.41) is 8.38. The topological polar surface area (TPSA) is 46.5 Å². The van der Waals surface area contributed by atoms with E-state index in [1.807, 2.05) is 6.92 Å². The zero-order valence-electron chi connectivity index (χ0n) is 6.54. The summed E-state index contributed by atoms with van der Waals surface area (Å²) in [6.07, 6.45) is 5.39. The van der Waals surface area contributed by atoms with Gasteiger partial charge in [0.05, 0.1) is 12.5 Å². The van der Waals surface area contributed by atoms with Gasteiger partial charge in [-0.05, 0) is 6.42 Å². The third-order valence-corrected chi connectivity index (χ3v) is 1.26. The number of carbonyl (C=O) groups is 1. The van der Waals surface area contributed by atoms with Gasteiger partial charge in [0.15, 0.2) is 0 Å². The highest BCUT2D eigenvalue weighted by Crippen LogP contribution is 2.02. The van der Waals surface area contributed by atoms with Gasteiger partial charge in [0, 0.05) is 0 Å². The lowest BCUT2D eigenvalue weighted by Crippen LogP contribution is -2.16. The van der Waals surface area contributed by atoms with Crippen LogP contribution >= 0.6 is 0 Å². The highest BCUT2D eigenvalue weighted by Gasteiger charge is 2.09. The first-order valence-corrected chi connectivity index (χ1v) is 3.47. The average molecular weight is 156 g/mol. The average Bonchev–Trinajstić information content (AvgIpc) is 1.97. The summed E-state index contributed by atoms with van der Waals surface area (Å²) in [6.45, 7) is 2.05. The van der Waals surface area contributed by atoms with Crippen molar-refractivity contribution in [3.8, 4) is 12.3 Å². The van der Waals surface area contributed by atoms with Gasteiger partial charge in [-0.2, -0.15) is 0 Å². The summed E-state index contributed by atoms with van der Waals surface area (Å²) in [5.41, 5.74) is 0. The summed E-state index contributed by atoms with van der Waals surface area (Å²) in [7, 11) is 0. The summed E-state index contributed by atoms with van der Waals surface area (Å²) in [4.78, 5) is 10.2. The molecular weight excluding hydrogens is 144 g/mol. The fraction of sp³-hybridized carbons (Fsp3) is 0.625. The van der Waals surface area contributed by atoms with E-state index < -0.39 is 5.97 Å². The van der Waals surface area contributed by atoms with E-state index in [0.717, 1.165) is 0 Å². The fourth-order valence-corrected chi connectivity index (χ4v) is 0.682. The molecule has 0 spiro atoms. The molecule has 0 heterocycles. The summed E-state index contributed by atoms with van der Waals surface area (Å²) in [6, 6.07) is 0. The minimum Gasteiger partial charge on any atom is -0.481 e. The molecule has 0 aromatic rings. The molecule has 1 atom stereocenters. The van der Waals surface area contributed by atoms with Gasteiger partial charge in [-0.3, -0.25) is 4.79 Å². The van der Waals surface area contributed by atoms with Gasteiger partial charge in [-0.1, -0.05) is 12.8 Å². The molecule has 1 N–H and O–H groups in total. The zero-order chi connectivity index (χ0) is 8.69. The van der Waals surface area contributed by atoms with Crippen LogP contribution in [-0.4, -0.2) is 23.8 Å². The normalized spacial score (nSPS) is 12.0. The minimum absolute atomic E-state index is 0.0260. The van der Waals surface area contributed by atoms with Crippen LogP contribution in [0, 0.1) is 12.3 Å². The van der Waals surface area contributed by atoms with Crippen molar-refractivity contribution in [2.45, 2.75) is 25.9 Å². The number of ether oxygens (including phenoxy) is 1. The number of terminal acetylenes is 1. The van der Waals surface area contributed by atoms with Crippen molar-refractivity contribution in [3.63, 3.8) is 0 Å². The molecule has 1 unspecified atom stereocenters. The van der Waals surface area contributed by atoms with E-state index >= 15 is 0 Å². The van der Waals surface area contributed by atoms with Crippen LogP contribution in [0.1, 0.15) is 19.8 Å². The van der Waals surface area contributed by atoms with E-state index in [-0.39, 0.29) is 19.1 Å². The van der Waals surface area contributed by atoms with Crippen LogP contribution in [0.5, 0.6) is 0 Å². The predicted molar refractivity (Wildman–Crippen MR) is 41.1 cm³/mol. The van der Waals surface area contributed by atoms with Crippen molar-refractivity contribution < 1.29 is 14.6 Å². The Morgan fingerprint density at radius 3 is 2.82 bits per heavy atom. The molecule has 0 aliphatic rings. The number of rotatable bonds is 5. The Hall–Kier alpha value is -1.01. The maximum atomic E-state index is 10.2. The molecule has 0 saturated heterocycles. The lowest BCUT2D eigenvalue weighted by atomic mass is 10.2. The fourth-order valence-electron chi connectivity index (χ4n) is 0.682. The molecule has 0 aromatic heterocycles. The lowest BCUT2D eigenvalue weighted by molar-refractivity contribution is -0.140. The second-order valence-corrected chi connectivity index (χ2v) is 2.14. The number of hydrogen-bond donors (Lipinski definition) is 1. The van der Waals surface area contributed by atoms with Crippen LogP contribution in [0.2, 0.25) is 0 Å². The highest BCUT2D eigenvalue weighted by molar-refractivity contribution is 5.67. The predicted octanol–water partition coefficient (Wildman–Crippen LogP) is 0.889. The molecule has 0 amide bonds. The number of hydrogen-bond acceptors (Lipinski definition) is 2. The first-order chi connectivity index (χ1) is 5.20. The summed E-state index contributed by atoms with van der Waals surface area (Å²) < 4.78 is 5.03. The highest BCUT2D eigenvalue weighted by atomic mass is 16.5. The van der Waals surface area contributed by atoms with Crippen LogP contribution in [0.3, 0.4) is 0 Å². The van der Waals surface area contributed by atoms with Crippen molar-refractivity contribution >= 4 is 5.97 Å². The largest absolute Gasteiger partial charge is 0.481 e. The molecule has 0 bridgehead atoms. The number of carboxylic acids is 1. The van der Waals surface area contributed by atoms with Gasteiger partial charge in [0.1, 0.15) is 6.61 Å². The maximum Gasteiger partial charge on any atom is 0.305 e. The Labute approximate surface area is 66.4 Å². The molecular formula is C8H12O3. The van der Waals surface area contributed by atoms with E-state index in [1.54, 1.807) is 0 Å². The number of aliphatic carboxylic acids is 1. The van der Waals surface area contributed by atoms with Gasteiger partial charge < -0.3 is 9.84 Å². The van der Waals surface area contributed by atoms with E-state index in [1.165, 1.54) is 0 Å². The molecule has 0 rings (SSSR count). The van der Waals surface area contributed by atoms with Crippen molar-refractivity contribution in [2.24, 2.45) is 0 Å². The Morgan fingerprint density at radius 1 is 1.82 bits per heavy atom. The van der Waals surface area contributed by atoms with E-state index in [0.29, 0.717) is 6.42 Å². The SMILES string of the molecule is C#CCOC(CC)CC(=O)O. The first kappa shape index (κ1) is 9.99. The monoisotopic (exact) mass is 156 g/mol. The Balaban J connectivity index is 3.59. The molecule has 0 fully saturated rings. The van der Waals surface area contributed by atoms with Crippen LogP contribution in [0.15, 0.2) is 0 Å². The van der Waals surface area contributed by atoms with Crippen LogP contribution < -0.4 is 0 Å². The quantitative estimate of drug-likeness (QED) is 0.601. The molecule has 11 heavy (non-hydrogen) atoms. The van der Waals surface area contributed by atoms with Gasteiger partial charge in [0.2, 0.25) is 0 Å². The van der Waals surface area contributed by atoms with E-state index in [9.17, 15) is 4.79 Å². The van der Waals surface area contributed by atoms with Gasteiger partial charge in [-0.15, -0.1) is 6.42 Å². The second-order valence-electron chi connectivity index (χ2n) is 2.14. The van der Waals surface area contributed by atoms with Gasteiger partial charge >= 0.3 is 5.97 Å². The van der Waals surface area contributed by atoms with Crippen molar-refractivity contribution in [1.82, 2.24) is 0 Å². The smallest absolute Gasteiger partial charge is 0.305 e. The Morgan fingerprint density at radius 2 is 2.45 bits per heavy atom. The summed E-state index contributed by atoms with van der Waals surface area (Å²) in [5.74, 6) is 1.44. The third-order valence-electron chi connectivity index (χ3n) is 1.26. The Bertz CT molecular complexity index is 157. The minimum atomic E-state index is -0.853. The van der Waals surface area contributed by atoms with E-state index in [4.69, 9.17) is 16.3 Å². The second kappa shape index (κ2) is 5.75. The Kier molecular flexibility index (Phi) is 5.22. The molecule has 3 nitrogen and oxygen atoms in total. The third kappa shape index (κ3) is 5.43. The van der Waals surface area contributed by atoms with E-state index in [2.05, 4.69) is 5.92 Å². The zero-order valence-corrected chi connectivity index (χ0v) is 6.54. The molecule has 62 valence electrons. The van der Waals surface area contributed by atoms with Gasteiger partial charge in [-0.25, -0.2) is 0 Å². The number of carboxylic acid groups (broad SMARTS) is 1. The summed E-state index contributed by atoms with van der Waals surface area (Å²) >= 11 is 0. The molecule has 3 heteroatoms. The standard InChI is InChI=1S/C8H12O3/c1-3-5-11-7(4-2)6-8(9)10/h1,7H,4-6H2,2H3,(H,9,10). The lowest BCUT2D eigenvalue weighted by Gasteiger charge is -2.10. The van der Waals surface area contributed by atoms with Crippen molar-refractivity contribution in [3.05, 3.63) is 0 Å². The molecule has 0 radical (unpaired) electrons. The first-order valence-electron chi connectivity index (χ1n) is 3.47. The van der Waals surface area contributed by atoms with Crippen LogP contribution in [0.25, 0.3) is 0 Å². The van der Waals surface area contributed by atoms with Crippen LogP contribution in [0.4, 0.5) is 0 Å². The maximum absolute atomic E-state index is 10.2. The van der Waals surface area contributed by atoms with Crippen LogP contribution in [-0.2, 0) is 9.53 Å². The van der Waals surface area contributed by atoms with Gasteiger partial charge in [0.25, 0.3) is 0 Å². The molecule has 0 aliphatic carbocycles. The van der Waals surface area contributed by atoms with Crippen molar-refractivity contribution in [2.75, 3.05) is 6.61 Å². The molecule has 0 aliphatic heterocycles. The van der Waals surface area contributed by atoms with Crippen molar-refractivity contribution in [1.29, 1.82) is 0 Å².